The molecule has 0 unspecified atom stereocenters. The van der Waals surface area contributed by atoms with E-state index in [0.29, 0.717) is 0 Å². The van der Waals surface area contributed by atoms with Gasteiger partial charge >= 0.3 is 0 Å². The van der Waals surface area contributed by atoms with Crippen molar-refractivity contribution in [3.63, 3.8) is 0 Å². The second-order valence-electron chi connectivity index (χ2n) is 19.3. The van der Waals surface area contributed by atoms with Crippen molar-refractivity contribution in [2.24, 2.45) is 0 Å². The summed E-state index contributed by atoms with van der Waals surface area (Å²) in [6, 6.07) is 79.4. The van der Waals surface area contributed by atoms with E-state index in [0.717, 1.165) is 117 Å². The molecule has 0 spiro atoms. The van der Waals surface area contributed by atoms with Crippen molar-refractivity contribution in [3.8, 4) is 39.1 Å². The number of hydrogen-bond donors (Lipinski definition) is 0. The van der Waals surface area contributed by atoms with Gasteiger partial charge in [-0.05, 0) is 186 Å². The largest absolute Gasteiger partial charge is 0.456 e. The molecule has 3 heterocycles. The van der Waals surface area contributed by atoms with Crippen LogP contribution in [0.5, 0.6) is 0 Å². The molecule has 0 N–H and O–H groups in total. The van der Waals surface area contributed by atoms with E-state index < -0.39 is 0 Å². The number of rotatable bonds is 12. The minimum absolute atomic E-state index is 0.886. The summed E-state index contributed by atoms with van der Waals surface area (Å²) in [4.78, 5) is 2.32. The maximum atomic E-state index is 6.26. The Hall–Kier alpha value is -9.90. The average Bonchev–Trinajstić information content (AvgIpc) is 4.16. The van der Waals surface area contributed by atoms with E-state index in [1.165, 1.54) is 21.5 Å². The first-order valence-electron chi connectivity index (χ1n) is 25.9. The van der Waals surface area contributed by atoms with Crippen LogP contribution in [0, 0.1) is 0 Å². The first-order chi connectivity index (χ1) is 37.5. The predicted molar refractivity (Wildman–Crippen MR) is 326 cm³/mol. The summed E-state index contributed by atoms with van der Waals surface area (Å²) in [5, 5.41) is 7.01. The zero-order chi connectivity index (χ0) is 51.3. The summed E-state index contributed by atoms with van der Waals surface area (Å²) in [5.41, 5.74) is 20.8. The van der Waals surface area contributed by atoms with Crippen molar-refractivity contribution in [3.05, 3.63) is 273 Å². The van der Waals surface area contributed by atoms with Gasteiger partial charge in [-0.25, -0.2) is 0 Å². The summed E-state index contributed by atoms with van der Waals surface area (Å²) >= 11 is 0. The molecule has 0 saturated carbocycles. The number of hydrogen-bond acceptors (Lipinski definition) is 2. The van der Waals surface area contributed by atoms with E-state index in [2.05, 4.69) is 271 Å². The molecule has 0 atom stereocenters. The monoisotopic (exact) mass is 975 g/mol. The Morgan fingerprint density at radius 2 is 0.987 bits per heavy atom. The maximum absolute atomic E-state index is 6.26. The molecular formula is C72H53N3O. The topological polar surface area (TPSA) is 26.2 Å². The van der Waals surface area contributed by atoms with Gasteiger partial charge in [0.15, 0.2) is 0 Å². The first-order valence-corrected chi connectivity index (χ1v) is 25.9. The predicted octanol–water partition coefficient (Wildman–Crippen LogP) is 20.5. The van der Waals surface area contributed by atoms with E-state index >= 15 is 0 Å². The van der Waals surface area contributed by atoms with Gasteiger partial charge in [0, 0.05) is 60.8 Å². The van der Waals surface area contributed by atoms with Crippen LogP contribution in [0.2, 0.25) is 0 Å². The Kier molecular flexibility index (Phi) is 11.6. The van der Waals surface area contributed by atoms with Crippen LogP contribution in [-0.2, 0) is 0 Å². The maximum Gasteiger partial charge on any atom is 0.135 e. The van der Waals surface area contributed by atoms with Gasteiger partial charge in [-0.2, -0.15) is 0 Å². The van der Waals surface area contributed by atoms with Crippen LogP contribution in [0.25, 0.3) is 122 Å². The van der Waals surface area contributed by atoms with Crippen LogP contribution in [0.3, 0.4) is 0 Å². The van der Waals surface area contributed by atoms with Crippen molar-refractivity contribution in [1.82, 2.24) is 9.13 Å². The Morgan fingerprint density at radius 3 is 1.70 bits per heavy atom. The van der Waals surface area contributed by atoms with Gasteiger partial charge in [-0.1, -0.05) is 147 Å². The summed E-state index contributed by atoms with van der Waals surface area (Å²) in [6.07, 6.45) is 14.3. The van der Waals surface area contributed by atoms with Crippen molar-refractivity contribution < 1.29 is 4.42 Å². The highest BCUT2D eigenvalue weighted by atomic mass is 16.3. The number of aromatic nitrogens is 2. The van der Waals surface area contributed by atoms with Gasteiger partial charge in [0.25, 0.3) is 0 Å². The number of anilines is 3. The Labute approximate surface area is 442 Å². The van der Waals surface area contributed by atoms with Crippen LogP contribution < -0.4 is 4.90 Å². The van der Waals surface area contributed by atoms with Crippen molar-refractivity contribution >= 4 is 100 Å². The molecule has 0 aliphatic carbocycles. The molecule has 0 saturated heterocycles. The third-order valence-electron chi connectivity index (χ3n) is 14.8. The quantitative estimate of drug-likeness (QED) is 0.114. The van der Waals surface area contributed by atoms with Crippen LogP contribution in [-0.4, -0.2) is 9.13 Å². The van der Waals surface area contributed by atoms with Crippen molar-refractivity contribution in [2.45, 2.75) is 13.8 Å². The number of fused-ring (bicyclic) bond motifs is 9. The molecule has 4 heteroatoms. The van der Waals surface area contributed by atoms with Crippen molar-refractivity contribution in [1.29, 1.82) is 0 Å². The van der Waals surface area contributed by atoms with E-state index in [-0.39, 0.29) is 0 Å². The zero-order valence-electron chi connectivity index (χ0n) is 42.5. The highest BCUT2D eigenvalue weighted by molar-refractivity contribution is 6.13. The third-order valence-corrected chi connectivity index (χ3v) is 14.8. The molecule has 0 bridgehead atoms. The number of benzene rings is 10. The molecule has 0 radical (unpaired) electrons. The van der Waals surface area contributed by atoms with Crippen LogP contribution >= 0.6 is 0 Å². The fourth-order valence-electron chi connectivity index (χ4n) is 11.4. The SMILES string of the molecule is C=C/C=C(\C=C/C)n1c2ccccc2c2cc(-c3cc(-c4ccc(N(c5ccccc5)c5ccc(/C=C\C)c(C=C)c5)cc4)cc(-c4ccc5c(c4)c4ccccc4n5-c4ccc5oc6ccccc6c5c4)c3)ccc21. The molecule has 0 amide bonds. The molecule has 10 aromatic carbocycles. The molecule has 362 valence electrons. The van der Waals surface area contributed by atoms with E-state index in [1.807, 2.05) is 31.2 Å². The molecule has 4 nitrogen and oxygen atoms in total. The fourth-order valence-corrected chi connectivity index (χ4v) is 11.4. The summed E-state index contributed by atoms with van der Waals surface area (Å²) in [6.45, 7) is 12.3. The van der Waals surface area contributed by atoms with Gasteiger partial charge in [0.2, 0.25) is 0 Å². The average molecular weight is 976 g/mol. The minimum atomic E-state index is 0.886. The number of allylic oxidation sites excluding steroid dienone is 6. The summed E-state index contributed by atoms with van der Waals surface area (Å²) in [5.74, 6) is 0. The summed E-state index contributed by atoms with van der Waals surface area (Å²) < 4.78 is 11.0. The molecule has 0 aliphatic heterocycles. The second kappa shape index (κ2) is 19.2. The van der Waals surface area contributed by atoms with E-state index in [4.69, 9.17) is 4.42 Å². The van der Waals surface area contributed by atoms with Gasteiger partial charge in [-0.3, -0.25) is 0 Å². The molecule has 76 heavy (non-hydrogen) atoms. The lowest BCUT2D eigenvalue weighted by Gasteiger charge is -2.26. The van der Waals surface area contributed by atoms with E-state index in [1.54, 1.807) is 0 Å². The normalized spacial score (nSPS) is 12.2. The fraction of sp³-hybridized carbons (Fsp3) is 0.0278. The number of para-hydroxylation sites is 4. The summed E-state index contributed by atoms with van der Waals surface area (Å²) in [7, 11) is 0. The highest BCUT2D eigenvalue weighted by Gasteiger charge is 2.19. The third kappa shape index (κ3) is 7.87. The van der Waals surface area contributed by atoms with Gasteiger partial charge < -0.3 is 18.5 Å². The highest BCUT2D eigenvalue weighted by Crippen LogP contribution is 2.43. The smallest absolute Gasteiger partial charge is 0.135 e. The van der Waals surface area contributed by atoms with Gasteiger partial charge in [0.05, 0.1) is 22.1 Å². The van der Waals surface area contributed by atoms with Crippen LogP contribution in [0.1, 0.15) is 25.0 Å². The van der Waals surface area contributed by atoms with Crippen LogP contribution in [0.15, 0.2) is 266 Å². The lowest BCUT2D eigenvalue weighted by Crippen LogP contribution is -2.10. The zero-order valence-corrected chi connectivity index (χ0v) is 42.5. The molecule has 13 rings (SSSR count). The number of furan rings is 1. The lowest BCUT2D eigenvalue weighted by atomic mass is 9.92. The Bertz CT molecular complexity index is 4520. The molecule has 3 aromatic heterocycles. The lowest BCUT2D eigenvalue weighted by molar-refractivity contribution is 0.669. The Morgan fingerprint density at radius 1 is 0.421 bits per heavy atom. The van der Waals surface area contributed by atoms with Gasteiger partial charge in [0.1, 0.15) is 11.2 Å². The first kappa shape index (κ1) is 45.9. The molecule has 0 aliphatic rings. The molecule has 0 fully saturated rings. The standard InChI is InChI=1S/C72H53N3O/c1-5-18-49-31-36-59(44-48(49)8-4)73(57-21-10-9-11-22-57)58-34-29-50(30-35-58)53-41-54(51-32-38-69-64(45-51)61-23-12-15-26-67(61)74(69)56(19-6-2)20-7-3)43-55(42-53)52-33-39-70-65(46-52)62-24-13-16-27-68(62)75(70)60-37-40-72-66(47-60)63-25-14-17-28-71(63)76-72/h5-47H,2,4H2,1,3H3/b18-5-,20-7-,56-19+. The van der Waals surface area contributed by atoms with Crippen LogP contribution in [0.4, 0.5) is 17.1 Å². The minimum Gasteiger partial charge on any atom is -0.456 e. The Balaban J connectivity index is 0.980. The van der Waals surface area contributed by atoms with Crippen molar-refractivity contribution in [2.75, 3.05) is 4.90 Å². The molecular weight excluding hydrogens is 923 g/mol. The second-order valence-corrected chi connectivity index (χ2v) is 19.3. The van der Waals surface area contributed by atoms with E-state index in [9.17, 15) is 0 Å². The molecule has 13 aromatic rings. The number of nitrogens with zero attached hydrogens (tertiary/aromatic N) is 3. The van der Waals surface area contributed by atoms with Gasteiger partial charge in [-0.15, -0.1) is 0 Å².